The normalized spacial score (nSPS) is 18.7. The molecule has 2 N–H and O–H groups in total. The van der Waals surface area contributed by atoms with Crippen LogP contribution in [-0.4, -0.2) is 44.7 Å². The molecule has 8 heteroatoms. The fourth-order valence-electron chi connectivity index (χ4n) is 2.65. The first-order valence-corrected chi connectivity index (χ1v) is 9.48. The van der Waals surface area contributed by atoms with Gasteiger partial charge in [0.2, 0.25) is 10.0 Å². The van der Waals surface area contributed by atoms with Gasteiger partial charge in [0.05, 0.1) is 6.26 Å². The fourth-order valence-corrected chi connectivity index (χ4v) is 3.15. The van der Waals surface area contributed by atoms with Crippen molar-refractivity contribution in [2.45, 2.75) is 31.8 Å². The quantitative estimate of drug-likeness (QED) is 0.849. The minimum Gasteiger partial charge on any atom is -0.334 e. The van der Waals surface area contributed by atoms with Crippen molar-refractivity contribution in [3.8, 4) is 0 Å². The van der Waals surface area contributed by atoms with E-state index < -0.39 is 10.0 Å². The number of piperidine rings is 1. The zero-order chi connectivity index (χ0) is 16.9. The molecule has 2 amide bonds. The predicted molar refractivity (Wildman–Crippen MR) is 85.8 cm³/mol. The summed E-state index contributed by atoms with van der Waals surface area (Å²) >= 11 is 0. The summed E-state index contributed by atoms with van der Waals surface area (Å²) in [5, 5.41) is 2.77. The van der Waals surface area contributed by atoms with Gasteiger partial charge in [-0.05, 0) is 37.0 Å². The average Bonchev–Trinajstić information content (AvgIpc) is 2.50. The summed E-state index contributed by atoms with van der Waals surface area (Å²) in [6.07, 6.45) is 3.71. The zero-order valence-corrected chi connectivity index (χ0v) is 13.9. The molecule has 1 aliphatic heterocycles. The largest absolute Gasteiger partial charge is 0.334 e. The van der Waals surface area contributed by atoms with Crippen molar-refractivity contribution in [2.75, 3.05) is 19.3 Å². The van der Waals surface area contributed by atoms with Crippen LogP contribution in [-0.2, 0) is 16.6 Å². The van der Waals surface area contributed by atoms with E-state index >= 15 is 0 Å². The van der Waals surface area contributed by atoms with Gasteiger partial charge in [0.15, 0.2) is 0 Å². The van der Waals surface area contributed by atoms with Crippen LogP contribution in [0.25, 0.3) is 0 Å². The van der Waals surface area contributed by atoms with Gasteiger partial charge in [-0.3, -0.25) is 0 Å². The number of carbonyl (C=O) groups is 1. The van der Waals surface area contributed by atoms with Crippen LogP contribution in [0.15, 0.2) is 24.3 Å². The first-order valence-electron chi connectivity index (χ1n) is 7.59. The number of nitrogens with zero attached hydrogens (tertiary/aromatic N) is 1. The van der Waals surface area contributed by atoms with Crippen molar-refractivity contribution in [1.82, 2.24) is 14.9 Å². The molecule has 0 bridgehead atoms. The first kappa shape index (κ1) is 17.7. The lowest BCUT2D eigenvalue weighted by atomic mass is 10.0. The van der Waals surface area contributed by atoms with Gasteiger partial charge in [0.25, 0.3) is 0 Å². The summed E-state index contributed by atoms with van der Waals surface area (Å²) in [6.45, 7) is 1.04. The molecule has 0 spiro atoms. The number of halogens is 1. The summed E-state index contributed by atoms with van der Waals surface area (Å²) in [4.78, 5) is 14.0. The number of carbonyl (C=O) groups excluding carboxylic acids is 1. The Balaban J connectivity index is 1.92. The van der Waals surface area contributed by atoms with Crippen molar-refractivity contribution in [3.05, 3.63) is 35.6 Å². The molecule has 1 atom stereocenters. The number of hydrogen-bond donors (Lipinski definition) is 2. The van der Waals surface area contributed by atoms with Crippen molar-refractivity contribution < 1.29 is 17.6 Å². The minimum absolute atomic E-state index is 0.161. The van der Waals surface area contributed by atoms with Crippen molar-refractivity contribution >= 4 is 16.1 Å². The van der Waals surface area contributed by atoms with Gasteiger partial charge in [-0.1, -0.05) is 12.1 Å². The smallest absolute Gasteiger partial charge is 0.317 e. The summed E-state index contributed by atoms with van der Waals surface area (Å²) in [5.41, 5.74) is 0.682. The van der Waals surface area contributed by atoms with Crippen molar-refractivity contribution in [3.63, 3.8) is 0 Å². The minimum atomic E-state index is -3.28. The van der Waals surface area contributed by atoms with Crippen LogP contribution >= 0.6 is 0 Å². The Kier molecular flexibility index (Phi) is 5.95. The highest BCUT2D eigenvalue weighted by Gasteiger charge is 2.27. The maximum absolute atomic E-state index is 13.1. The van der Waals surface area contributed by atoms with Crippen LogP contribution in [0.4, 0.5) is 9.18 Å². The molecular formula is C15H22FN3O3S. The van der Waals surface area contributed by atoms with Crippen LogP contribution in [0.2, 0.25) is 0 Å². The van der Waals surface area contributed by atoms with Crippen molar-refractivity contribution in [1.29, 1.82) is 0 Å². The highest BCUT2D eigenvalue weighted by atomic mass is 32.2. The molecule has 1 aliphatic rings. The molecule has 6 nitrogen and oxygen atoms in total. The number of nitrogens with one attached hydrogen (secondary N) is 2. The molecule has 0 saturated carbocycles. The molecule has 2 rings (SSSR count). The summed E-state index contributed by atoms with van der Waals surface area (Å²) < 4.78 is 38.0. The fraction of sp³-hybridized carbons (Fsp3) is 0.533. The Morgan fingerprint density at radius 3 is 2.87 bits per heavy atom. The van der Waals surface area contributed by atoms with E-state index in [-0.39, 0.29) is 31.0 Å². The highest BCUT2D eigenvalue weighted by Crippen LogP contribution is 2.17. The third kappa shape index (κ3) is 5.80. The summed E-state index contributed by atoms with van der Waals surface area (Å²) in [6, 6.07) is 5.64. The predicted octanol–water partition coefficient (Wildman–Crippen LogP) is 1.44. The highest BCUT2D eigenvalue weighted by molar-refractivity contribution is 7.88. The molecule has 128 valence electrons. The van der Waals surface area contributed by atoms with Crippen LogP contribution in [0.3, 0.4) is 0 Å². The molecule has 1 heterocycles. The van der Waals surface area contributed by atoms with Crippen LogP contribution in [0.5, 0.6) is 0 Å². The maximum atomic E-state index is 13.1. The molecule has 0 unspecified atom stereocenters. The van der Waals surface area contributed by atoms with Gasteiger partial charge in [-0.15, -0.1) is 0 Å². The number of amides is 2. The Bertz CT molecular complexity index is 651. The average molecular weight is 343 g/mol. The second-order valence-electron chi connectivity index (χ2n) is 5.75. The van der Waals surface area contributed by atoms with E-state index in [0.29, 0.717) is 12.1 Å². The molecule has 1 fully saturated rings. The molecule has 0 radical (unpaired) electrons. The lowest BCUT2D eigenvalue weighted by Gasteiger charge is -2.35. The lowest BCUT2D eigenvalue weighted by Crippen LogP contribution is -2.52. The molecule has 1 aromatic rings. The Morgan fingerprint density at radius 1 is 1.39 bits per heavy atom. The molecule has 23 heavy (non-hydrogen) atoms. The molecule has 1 saturated heterocycles. The van der Waals surface area contributed by atoms with Gasteiger partial charge < -0.3 is 10.2 Å². The number of likely N-dealkylation sites (tertiary alicyclic amines) is 1. The van der Waals surface area contributed by atoms with Crippen LogP contribution in [0, 0.1) is 5.82 Å². The third-order valence-electron chi connectivity index (χ3n) is 3.80. The third-order valence-corrected chi connectivity index (χ3v) is 4.49. The van der Waals surface area contributed by atoms with Crippen LogP contribution in [0.1, 0.15) is 24.8 Å². The second-order valence-corrected chi connectivity index (χ2v) is 7.59. The van der Waals surface area contributed by atoms with Gasteiger partial charge >= 0.3 is 6.03 Å². The van der Waals surface area contributed by atoms with Gasteiger partial charge in [0, 0.05) is 25.7 Å². The Morgan fingerprint density at radius 2 is 2.17 bits per heavy atom. The van der Waals surface area contributed by atoms with E-state index in [4.69, 9.17) is 0 Å². The maximum Gasteiger partial charge on any atom is 0.317 e. The van der Waals surface area contributed by atoms with E-state index in [1.165, 1.54) is 12.1 Å². The van der Waals surface area contributed by atoms with E-state index in [1.54, 1.807) is 17.0 Å². The summed E-state index contributed by atoms with van der Waals surface area (Å²) in [5.74, 6) is -0.343. The Hall–Kier alpha value is -1.67. The zero-order valence-electron chi connectivity index (χ0n) is 13.1. The number of rotatable bonds is 5. The molecule has 1 aromatic carbocycles. The van der Waals surface area contributed by atoms with E-state index in [1.807, 2.05) is 0 Å². The lowest BCUT2D eigenvalue weighted by molar-refractivity contribution is 0.152. The van der Waals surface area contributed by atoms with E-state index in [0.717, 1.165) is 25.5 Å². The monoisotopic (exact) mass is 343 g/mol. The van der Waals surface area contributed by atoms with E-state index in [9.17, 15) is 17.6 Å². The molecular weight excluding hydrogens is 321 g/mol. The van der Waals surface area contributed by atoms with Gasteiger partial charge in [-0.25, -0.2) is 22.3 Å². The SMILES string of the molecule is CS(=O)(=O)NC[C@@H]1CCCCN1C(=O)NCc1cccc(F)c1. The Labute approximate surface area is 136 Å². The standard InChI is InChI=1S/C15H22FN3O3S/c1-23(21,22)18-11-14-7-2-3-8-19(14)15(20)17-10-12-5-4-6-13(16)9-12/h4-6,9,14,18H,2-3,7-8,10-11H2,1H3,(H,17,20)/t14-/m0/s1. The molecule has 0 aliphatic carbocycles. The van der Waals surface area contributed by atoms with Gasteiger partial charge in [0.1, 0.15) is 5.82 Å². The van der Waals surface area contributed by atoms with Crippen LogP contribution < -0.4 is 10.0 Å². The number of sulfonamides is 1. The van der Waals surface area contributed by atoms with Gasteiger partial charge in [-0.2, -0.15) is 0 Å². The number of benzene rings is 1. The van der Waals surface area contributed by atoms with E-state index in [2.05, 4.69) is 10.0 Å². The number of hydrogen-bond acceptors (Lipinski definition) is 3. The molecule has 0 aromatic heterocycles. The second kappa shape index (κ2) is 7.74. The number of urea groups is 1. The topological polar surface area (TPSA) is 78.5 Å². The summed E-state index contributed by atoms with van der Waals surface area (Å²) in [7, 11) is -3.28. The van der Waals surface area contributed by atoms with Crippen molar-refractivity contribution in [2.24, 2.45) is 0 Å². The first-order chi connectivity index (χ1) is 10.8.